The number of hydrogen-bond donors (Lipinski definition) is 2. The molecule has 5 rings (SSSR count). The third kappa shape index (κ3) is 3.08. The van der Waals surface area contributed by atoms with Crippen LogP contribution in [0.5, 0.6) is 0 Å². The second-order valence-electron chi connectivity index (χ2n) is 9.40. The largest absolute Gasteiger partial charge is 0.324 e. The Morgan fingerprint density at radius 3 is 2.53 bits per heavy atom. The van der Waals surface area contributed by atoms with E-state index in [0.717, 1.165) is 5.56 Å². The average molecular weight is 452 g/mol. The predicted octanol–water partition coefficient (Wildman–Crippen LogP) is 3.35. The smallest absolute Gasteiger partial charge is 0.250 e. The van der Waals surface area contributed by atoms with Crippen LogP contribution in [-0.4, -0.2) is 35.2 Å². The van der Waals surface area contributed by atoms with Gasteiger partial charge in [-0.05, 0) is 42.5 Å². The Labute approximate surface area is 192 Å². The van der Waals surface area contributed by atoms with E-state index in [4.69, 9.17) is 11.6 Å². The number of hydrogen-bond acceptors (Lipinski definition) is 4. The molecule has 32 heavy (non-hydrogen) atoms. The Morgan fingerprint density at radius 2 is 1.81 bits per heavy atom. The molecular formula is C25H26ClN3O3. The summed E-state index contributed by atoms with van der Waals surface area (Å²) >= 11 is 6.28. The van der Waals surface area contributed by atoms with E-state index < -0.39 is 17.4 Å². The van der Waals surface area contributed by atoms with E-state index in [-0.39, 0.29) is 23.8 Å². The number of imide groups is 1. The monoisotopic (exact) mass is 451 g/mol. The first kappa shape index (κ1) is 21.2. The number of nitrogens with zero attached hydrogens (tertiary/aromatic N) is 1. The van der Waals surface area contributed by atoms with Gasteiger partial charge in [0.2, 0.25) is 17.7 Å². The molecule has 2 N–H and O–H groups in total. The standard InChI is InChI=1S/C25H26ClN3O3/c1-14(2)12-19-20-21(23(31)29(22(20)30)11-10-15-6-4-3-5-7-15)25(28-19)17-13-16(26)8-9-18(17)27-24(25)32/h3-9,13-14,19-21,28H,10-12H2,1-2H3,(H,27,32)/t19-,20+,21-,25+/m0/s1. The number of likely N-dealkylation sites (tertiary alicyclic amines) is 1. The Kier molecular flexibility index (Phi) is 5.10. The second-order valence-corrected chi connectivity index (χ2v) is 9.84. The van der Waals surface area contributed by atoms with Crippen LogP contribution in [0, 0.1) is 17.8 Å². The van der Waals surface area contributed by atoms with E-state index in [0.29, 0.717) is 41.6 Å². The van der Waals surface area contributed by atoms with Crippen LogP contribution < -0.4 is 10.6 Å². The van der Waals surface area contributed by atoms with Gasteiger partial charge in [-0.3, -0.25) is 24.6 Å². The van der Waals surface area contributed by atoms with Crippen molar-refractivity contribution in [3.8, 4) is 0 Å². The lowest BCUT2D eigenvalue weighted by Gasteiger charge is -2.30. The van der Waals surface area contributed by atoms with E-state index in [1.165, 1.54) is 4.90 Å². The topological polar surface area (TPSA) is 78.5 Å². The Balaban J connectivity index is 1.54. The van der Waals surface area contributed by atoms with Gasteiger partial charge in [0.1, 0.15) is 5.54 Å². The molecule has 3 aliphatic heterocycles. The SMILES string of the molecule is CC(C)C[C@@H]1N[C@@]2(C(=O)Nc3ccc(Cl)cc32)[C@@H]2C(=O)N(CCc3ccccc3)C(=O)[C@H]12. The second kappa shape index (κ2) is 7.71. The molecule has 0 radical (unpaired) electrons. The third-order valence-electron chi connectivity index (χ3n) is 6.96. The number of rotatable bonds is 5. The van der Waals surface area contributed by atoms with Crippen molar-refractivity contribution in [2.45, 2.75) is 38.3 Å². The highest BCUT2D eigenvalue weighted by molar-refractivity contribution is 6.31. The van der Waals surface area contributed by atoms with E-state index in [1.54, 1.807) is 18.2 Å². The van der Waals surface area contributed by atoms with Crippen molar-refractivity contribution in [3.63, 3.8) is 0 Å². The van der Waals surface area contributed by atoms with E-state index in [9.17, 15) is 14.4 Å². The molecule has 6 nitrogen and oxygen atoms in total. The van der Waals surface area contributed by atoms with Crippen molar-refractivity contribution >= 4 is 35.0 Å². The van der Waals surface area contributed by atoms with Gasteiger partial charge in [0.25, 0.3) is 0 Å². The summed E-state index contributed by atoms with van der Waals surface area (Å²) in [6, 6.07) is 14.7. The molecule has 7 heteroatoms. The molecular weight excluding hydrogens is 426 g/mol. The zero-order chi connectivity index (χ0) is 22.6. The number of carbonyl (C=O) groups is 3. The first-order valence-electron chi connectivity index (χ1n) is 11.1. The van der Waals surface area contributed by atoms with Crippen molar-refractivity contribution in [1.82, 2.24) is 10.2 Å². The van der Waals surface area contributed by atoms with E-state index in [2.05, 4.69) is 24.5 Å². The van der Waals surface area contributed by atoms with Gasteiger partial charge < -0.3 is 5.32 Å². The average Bonchev–Trinajstić information content (AvgIpc) is 3.32. The normalized spacial score (nSPS) is 28.6. The lowest BCUT2D eigenvalue weighted by Crippen LogP contribution is -2.53. The van der Waals surface area contributed by atoms with E-state index >= 15 is 0 Å². The van der Waals surface area contributed by atoms with Crippen LogP contribution in [0.15, 0.2) is 48.5 Å². The first-order chi connectivity index (χ1) is 15.3. The zero-order valence-corrected chi connectivity index (χ0v) is 18.9. The molecule has 166 valence electrons. The molecule has 2 aromatic rings. The fourth-order valence-electron chi connectivity index (χ4n) is 5.65. The highest BCUT2D eigenvalue weighted by atomic mass is 35.5. The molecule has 0 saturated carbocycles. The van der Waals surface area contributed by atoms with Crippen molar-refractivity contribution in [2.75, 3.05) is 11.9 Å². The number of amides is 3. The summed E-state index contributed by atoms with van der Waals surface area (Å²) in [4.78, 5) is 42.0. The zero-order valence-electron chi connectivity index (χ0n) is 18.1. The van der Waals surface area contributed by atoms with Crippen LogP contribution in [0.4, 0.5) is 5.69 Å². The molecule has 3 aliphatic rings. The minimum atomic E-state index is -1.28. The maximum absolute atomic E-state index is 13.7. The minimum absolute atomic E-state index is 0.186. The maximum atomic E-state index is 13.7. The number of fused-ring (bicyclic) bond motifs is 4. The predicted molar refractivity (Wildman–Crippen MR) is 122 cm³/mol. The van der Waals surface area contributed by atoms with Gasteiger partial charge in [-0.15, -0.1) is 0 Å². The van der Waals surface area contributed by atoms with E-state index in [1.807, 2.05) is 30.3 Å². The number of carbonyl (C=O) groups excluding carboxylic acids is 3. The molecule has 1 spiro atoms. The Hall–Kier alpha value is -2.70. The van der Waals surface area contributed by atoms with Crippen LogP contribution in [-0.2, 0) is 26.3 Å². The Morgan fingerprint density at radius 1 is 1.06 bits per heavy atom. The number of nitrogens with one attached hydrogen (secondary N) is 2. The number of halogens is 1. The highest BCUT2D eigenvalue weighted by Gasteiger charge is 2.70. The van der Waals surface area contributed by atoms with Crippen molar-refractivity contribution < 1.29 is 14.4 Å². The summed E-state index contributed by atoms with van der Waals surface area (Å²) in [6.45, 7) is 4.47. The first-order valence-corrected chi connectivity index (χ1v) is 11.5. The minimum Gasteiger partial charge on any atom is -0.324 e. The summed E-state index contributed by atoms with van der Waals surface area (Å²) in [5, 5.41) is 6.85. The molecule has 4 atom stereocenters. The van der Waals surface area contributed by atoms with Gasteiger partial charge in [0, 0.05) is 28.9 Å². The van der Waals surface area contributed by atoms with Gasteiger partial charge in [-0.25, -0.2) is 0 Å². The van der Waals surface area contributed by atoms with Crippen LogP contribution in [0.3, 0.4) is 0 Å². The van der Waals surface area contributed by atoms with Gasteiger partial charge in [-0.1, -0.05) is 55.8 Å². The quantitative estimate of drug-likeness (QED) is 0.683. The summed E-state index contributed by atoms with van der Waals surface area (Å²) in [5.74, 6) is -1.81. The van der Waals surface area contributed by atoms with Gasteiger partial charge in [0.15, 0.2) is 0 Å². The molecule has 0 bridgehead atoms. The van der Waals surface area contributed by atoms with Crippen molar-refractivity contribution in [1.29, 1.82) is 0 Å². The molecule has 2 aromatic carbocycles. The van der Waals surface area contributed by atoms with Crippen molar-refractivity contribution in [2.24, 2.45) is 17.8 Å². The molecule has 0 aliphatic carbocycles. The van der Waals surface area contributed by atoms with Crippen LogP contribution >= 0.6 is 11.6 Å². The number of benzene rings is 2. The Bertz CT molecular complexity index is 1100. The molecule has 2 fully saturated rings. The summed E-state index contributed by atoms with van der Waals surface area (Å²) in [7, 11) is 0. The molecule has 3 heterocycles. The summed E-state index contributed by atoms with van der Waals surface area (Å²) in [6.07, 6.45) is 1.28. The maximum Gasteiger partial charge on any atom is 0.250 e. The van der Waals surface area contributed by atoms with Gasteiger partial charge in [0.05, 0.1) is 11.8 Å². The molecule has 0 unspecified atom stereocenters. The van der Waals surface area contributed by atoms with Gasteiger partial charge >= 0.3 is 0 Å². The van der Waals surface area contributed by atoms with Gasteiger partial charge in [-0.2, -0.15) is 0 Å². The van der Waals surface area contributed by atoms with Crippen molar-refractivity contribution in [3.05, 3.63) is 64.7 Å². The molecule has 3 amide bonds. The number of anilines is 1. The molecule has 2 saturated heterocycles. The summed E-state index contributed by atoms with van der Waals surface area (Å²) in [5.41, 5.74) is 1.08. The van der Waals surface area contributed by atoms with Crippen LogP contribution in [0.1, 0.15) is 31.4 Å². The van der Waals surface area contributed by atoms with Crippen LogP contribution in [0.2, 0.25) is 5.02 Å². The third-order valence-corrected chi connectivity index (χ3v) is 7.20. The lowest BCUT2D eigenvalue weighted by molar-refractivity contribution is -0.142. The molecule has 0 aromatic heterocycles. The highest BCUT2D eigenvalue weighted by Crippen LogP contribution is 2.54. The fraction of sp³-hybridized carbons (Fsp3) is 0.400. The lowest BCUT2D eigenvalue weighted by atomic mass is 9.76. The fourth-order valence-corrected chi connectivity index (χ4v) is 5.82. The summed E-state index contributed by atoms with van der Waals surface area (Å²) < 4.78 is 0. The van der Waals surface area contributed by atoms with Crippen LogP contribution in [0.25, 0.3) is 0 Å².